The number of hydrogen-bond donors (Lipinski definition) is 3. The Labute approximate surface area is 230 Å². The molecule has 0 aromatic heterocycles. The number of nitrogens with one attached hydrogen (secondary N) is 2. The molecule has 0 spiro atoms. The molecular weight excluding hydrogens is 530 g/mol. The van der Waals surface area contributed by atoms with E-state index >= 15 is 0 Å². The van der Waals surface area contributed by atoms with Crippen LogP contribution in [0.15, 0.2) is 42.5 Å². The van der Waals surface area contributed by atoms with Crippen molar-refractivity contribution in [3.8, 4) is 18.1 Å². The van der Waals surface area contributed by atoms with Gasteiger partial charge in [0.2, 0.25) is 11.8 Å². The molecule has 0 fully saturated rings. The quantitative estimate of drug-likeness (QED) is 0.370. The van der Waals surface area contributed by atoms with Gasteiger partial charge in [0, 0.05) is 33.0 Å². The maximum atomic E-state index is 14.3. The van der Waals surface area contributed by atoms with Gasteiger partial charge in [-0.05, 0) is 48.6 Å². The predicted molar refractivity (Wildman–Crippen MR) is 141 cm³/mol. The lowest BCUT2D eigenvalue weighted by molar-refractivity contribution is -0.139. The molecule has 1 heterocycles. The van der Waals surface area contributed by atoms with E-state index in [0.717, 1.165) is 12.1 Å². The van der Waals surface area contributed by atoms with Crippen molar-refractivity contribution in [1.29, 1.82) is 0 Å². The van der Waals surface area contributed by atoms with Gasteiger partial charge in [0.05, 0.1) is 24.3 Å². The lowest BCUT2D eigenvalue weighted by Crippen LogP contribution is -2.55. The number of ether oxygens (including phenoxy) is 1. The normalized spacial score (nSPS) is 20.0. The second-order valence-electron chi connectivity index (χ2n) is 9.71. The summed E-state index contributed by atoms with van der Waals surface area (Å²) in [5, 5.41) is 16.7. The standard InChI is InChI=1S/C29H33F4N3O4/c1-3-7-24-28(39)35-23(25(37)18-34-17-20-8-6-9-21(14-20)29(31,32)33)15-19-11-12-22(30)26(16-19)40-13-5-4-10-27(38)36(24)2/h1,6,8-9,11-12,14,16,23-25,34,37H,4-5,7,10,13,15,17-18H2,2H3,(H,35,39). The molecule has 2 aromatic rings. The first-order chi connectivity index (χ1) is 19.0. The minimum Gasteiger partial charge on any atom is -0.491 e. The number of nitrogens with zero attached hydrogens (tertiary/aromatic N) is 1. The third kappa shape index (κ3) is 8.69. The second-order valence-corrected chi connectivity index (χ2v) is 9.71. The number of likely N-dealkylation sites (N-methyl/N-ethyl adjacent to an activating group) is 1. The smallest absolute Gasteiger partial charge is 0.416 e. The summed E-state index contributed by atoms with van der Waals surface area (Å²) in [7, 11) is 1.49. The zero-order valence-electron chi connectivity index (χ0n) is 22.1. The van der Waals surface area contributed by atoms with E-state index < -0.39 is 41.7 Å². The molecule has 2 aromatic carbocycles. The number of aliphatic hydroxyl groups is 1. The van der Waals surface area contributed by atoms with Crippen molar-refractivity contribution in [3.05, 3.63) is 65.0 Å². The Morgan fingerprint density at radius 1 is 1.23 bits per heavy atom. The maximum absolute atomic E-state index is 14.3. The third-order valence-electron chi connectivity index (χ3n) is 6.70. The van der Waals surface area contributed by atoms with Crippen LogP contribution >= 0.6 is 0 Å². The summed E-state index contributed by atoms with van der Waals surface area (Å²) in [6.45, 7) is 0.140. The van der Waals surface area contributed by atoms with Gasteiger partial charge in [0.25, 0.3) is 0 Å². The largest absolute Gasteiger partial charge is 0.491 e. The van der Waals surface area contributed by atoms with E-state index in [1.54, 1.807) is 0 Å². The number of hydrogen-bond acceptors (Lipinski definition) is 5. The molecule has 7 nitrogen and oxygen atoms in total. The summed E-state index contributed by atoms with van der Waals surface area (Å²) < 4.78 is 59.0. The number of carbonyl (C=O) groups is 2. The van der Waals surface area contributed by atoms with Crippen LogP contribution in [0.3, 0.4) is 0 Å². The van der Waals surface area contributed by atoms with Crippen molar-refractivity contribution in [2.24, 2.45) is 0 Å². The van der Waals surface area contributed by atoms with Crippen molar-refractivity contribution in [1.82, 2.24) is 15.5 Å². The van der Waals surface area contributed by atoms with Crippen LogP contribution in [0, 0.1) is 18.2 Å². The summed E-state index contributed by atoms with van der Waals surface area (Å²) in [6.07, 6.45) is 0.921. The molecule has 0 saturated carbocycles. The van der Waals surface area contributed by atoms with Crippen LogP contribution in [0.4, 0.5) is 17.6 Å². The van der Waals surface area contributed by atoms with Gasteiger partial charge in [-0.25, -0.2) is 4.39 Å². The lowest BCUT2D eigenvalue weighted by Gasteiger charge is -2.30. The van der Waals surface area contributed by atoms with Crippen LogP contribution < -0.4 is 15.4 Å². The Kier molecular flexibility index (Phi) is 10.9. The SMILES string of the molecule is C#CCC1C(=O)NC(C(O)CNCc2cccc(C(F)(F)F)c2)Cc2ccc(F)c(c2)OCCCCC(=O)N1C. The number of rotatable bonds is 6. The third-order valence-corrected chi connectivity index (χ3v) is 6.70. The highest BCUT2D eigenvalue weighted by Crippen LogP contribution is 2.29. The molecule has 216 valence electrons. The highest BCUT2D eigenvalue weighted by atomic mass is 19.4. The molecule has 0 saturated heterocycles. The van der Waals surface area contributed by atoms with Crippen molar-refractivity contribution in [2.45, 2.75) is 63.0 Å². The number of amides is 2. The van der Waals surface area contributed by atoms with Gasteiger partial charge in [-0.15, -0.1) is 12.3 Å². The first-order valence-electron chi connectivity index (χ1n) is 12.9. The average molecular weight is 564 g/mol. The van der Waals surface area contributed by atoms with E-state index in [9.17, 15) is 32.3 Å². The maximum Gasteiger partial charge on any atom is 0.416 e. The molecule has 2 bridgehead atoms. The Morgan fingerprint density at radius 2 is 2.00 bits per heavy atom. The molecular formula is C29H33F4N3O4. The van der Waals surface area contributed by atoms with Crippen molar-refractivity contribution < 1.29 is 37.0 Å². The first kappa shape index (κ1) is 30.9. The van der Waals surface area contributed by atoms with Crippen molar-refractivity contribution in [3.63, 3.8) is 0 Å². The van der Waals surface area contributed by atoms with Crippen LogP contribution in [0.1, 0.15) is 42.4 Å². The van der Waals surface area contributed by atoms with E-state index in [1.807, 2.05) is 0 Å². The number of halogens is 4. The zero-order valence-corrected chi connectivity index (χ0v) is 22.1. The summed E-state index contributed by atoms with van der Waals surface area (Å²) in [6, 6.07) is 7.17. The fraction of sp³-hybridized carbons (Fsp3) is 0.448. The molecule has 3 unspecified atom stereocenters. The van der Waals surface area contributed by atoms with Gasteiger partial charge >= 0.3 is 6.18 Å². The highest BCUT2D eigenvalue weighted by Gasteiger charge is 2.31. The molecule has 3 rings (SSSR count). The van der Waals surface area contributed by atoms with Gasteiger partial charge in [-0.3, -0.25) is 9.59 Å². The molecule has 2 amide bonds. The van der Waals surface area contributed by atoms with Crippen molar-refractivity contribution >= 4 is 11.8 Å². The molecule has 0 radical (unpaired) electrons. The number of aliphatic hydroxyl groups excluding tert-OH is 1. The molecule has 40 heavy (non-hydrogen) atoms. The average Bonchev–Trinajstić information content (AvgIpc) is 2.91. The minimum atomic E-state index is -4.48. The highest BCUT2D eigenvalue weighted by molar-refractivity contribution is 5.88. The van der Waals surface area contributed by atoms with E-state index in [4.69, 9.17) is 11.2 Å². The second kappa shape index (κ2) is 14.1. The Balaban J connectivity index is 1.81. The Hall–Kier alpha value is -3.62. The number of carbonyl (C=O) groups excluding carboxylic acids is 2. The fourth-order valence-corrected chi connectivity index (χ4v) is 4.39. The summed E-state index contributed by atoms with van der Waals surface area (Å²) >= 11 is 0. The van der Waals surface area contributed by atoms with E-state index in [0.29, 0.717) is 24.0 Å². The van der Waals surface area contributed by atoms with E-state index in [1.165, 1.54) is 42.3 Å². The Morgan fingerprint density at radius 3 is 2.73 bits per heavy atom. The summed E-state index contributed by atoms with van der Waals surface area (Å²) in [4.78, 5) is 27.3. The van der Waals surface area contributed by atoms with Crippen LogP contribution in [0.25, 0.3) is 0 Å². The molecule has 3 N–H and O–H groups in total. The van der Waals surface area contributed by atoms with Gasteiger partial charge < -0.3 is 25.4 Å². The van der Waals surface area contributed by atoms with E-state index in [-0.39, 0.29) is 50.6 Å². The van der Waals surface area contributed by atoms with Crippen LogP contribution in [0.5, 0.6) is 5.75 Å². The first-order valence-corrected chi connectivity index (χ1v) is 12.9. The summed E-state index contributed by atoms with van der Waals surface area (Å²) in [5.74, 6) is 1.00. The monoisotopic (exact) mass is 563 g/mol. The fourth-order valence-electron chi connectivity index (χ4n) is 4.39. The van der Waals surface area contributed by atoms with Crippen molar-refractivity contribution in [2.75, 3.05) is 20.2 Å². The Bertz CT molecular complexity index is 1210. The van der Waals surface area contributed by atoms with Gasteiger partial charge in [0.1, 0.15) is 6.04 Å². The zero-order chi connectivity index (χ0) is 29.3. The number of alkyl halides is 3. The molecule has 11 heteroatoms. The van der Waals surface area contributed by atoms with Crippen LogP contribution in [-0.2, 0) is 28.7 Å². The van der Waals surface area contributed by atoms with Crippen LogP contribution in [-0.4, -0.2) is 60.2 Å². The minimum absolute atomic E-state index is 0.0169. The lowest BCUT2D eigenvalue weighted by atomic mass is 9.99. The van der Waals surface area contributed by atoms with E-state index in [2.05, 4.69) is 16.6 Å². The summed E-state index contributed by atoms with van der Waals surface area (Å²) in [5.41, 5.74) is 0.156. The molecule has 1 aliphatic heterocycles. The van der Waals surface area contributed by atoms with Gasteiger partial charge in [0.15, 0.2) is 11.6 Å². The molecule has 1 aliphatic rings. The predicted octanol–water partition coefficient (Wildman–Crippen LogP) is 3.44. The number of benzene rings is 2. The molecule has 0 aliphatic carbocycles. The van der Waals surface area contributed by atoms with Gasteiger partial charge in [-0.2, -0.15) is 13.2 Å². The van der Waals surface area contributed by atoms with Crippen LogP contribution in [0.2, 0.25) is 0 Å². The number of fused-ring (bicyclic) bond motifs is 2. The molecule has 3 atom stereocenters. The number of terminal acetylenes is 1. The van der Waals surface area contributed by atoms with Gasteiger partial charge in [-0.1, -0.05) is 24.3 Å². The topological polar surface area (TPSA) is 90.9 Å².